The molecular weight excluding hydrogens is 1850 g/mol. The van der Waals surface area contributed by atoms with Crippen LogP contribution in [0.3, 0.4) is 0 Å². The number of aliphatic imine (C=N–C) groups is 4. The standard InChI is InChI=1S/2C56H38N2S2.4C4H8O2/c2*1-5-13-39(14-6-1)45-29-46(40-15-7-2-8-16-40)32-49(31-45)43-21-25-51(26-22-43)57-37-53-35-55-56(59-53)36-54(60-55)38-58-52-27-23-44(24-28-52)50-33-47(41-17-9-3-10-18-41)30-48(34-50)42-19-11-4-12-20-42;4*1-2-6-4-3-5-1/h2*1-38H;4*1-4H2. The third-order valence-electron chi connectivity index (χ3n) is 24.2. The first-order chi connectivity index (χ1) is 71.3. The van der Waals surface area contributed by atoms with Gasteiger partial charge in [0.05, 0.1) is 128 Å². The Morgan fingerprint density at radius 3 is 0.368 bits per heavy atom. The summed E-state index contributed by atoms with van der Waals surface area (Å²) >= 11 is 7.02. The van der Waals surface area contributed by atoms with Gasteiger partial charge in [-0.05, 0) is 279 Å². The lowest BCUT2D eigenvalue weighted by atomic mass is 9.93. The van der Waals surface area contributed by atoms with Crippen LogP contribution in [0, 0.1) is 0 Å². The van der Waals surface area contributed by atoms with E-state index in [2.05, 4.69) is 437 Å². The summed E-state index contributed by atoms with van der Waals surface area (Å²) in [6.45, 7) is 12.4. The van der Waals surface area contributed by atoms with Gasteiger partial charge in [0, 0.05) is 63.2 Å². The largest absolute Gasteiger partial charge is 0.377 e. The normalized spacial score (nSPS) is 13.6. The lowest BCUT2D eigenvalue weighted by Gasteiger charge is -2.11. The Labute approximate surface area is 858 Å². The van der Waals surface area contributed by atoms with E-state index in [0.717, 1.165) is 170 Å². The molecule has 12 nitrogen and oxygen atoms in total. The molecule has 16 heteroatoms. The van der Waals surface area contributed by atoms with Gasteiger partial charge in [-0.3, -0.25) is 20.0 Å². The fourth-order valence-electron chi connectivity index (χ4n) is 16.8. The van der Waals surface area contributed by atoms with Crippen molar-refractivity contribution < 1.29 is 37.9 Å². The van der Waals surface area contributed by atoms with Gasteiger partial charge >= 0.3 is 0 Å². The molecule has 20 aromatic rings. The van der Waals surface area contributed by atoms with Crippen LogP contribution in [0.1, 0.15) is 19.5 Å². The molecule has 0 atom stereocenters. The number of hydrogen-bond acceptors (Lipinski definition) is 16. The highest BCUT2D eigenvalue weighted by molar-refractivity contribution is 7.30. The zero-order chi connectivity index (χ0) is 97.2. The third kappa shape index (κ3) is 28.0. The van der Waals surface area contributed by atoms with Crippen LogP contribution in [-0.2, 0) is 37.9 Å². The minimum Gasteiger partial charge on any atom is -0.377 e. The lowest BCUT2D eigenvalue weighted by Crippen LogP contribution is -2.16. The zero-order valence-electron chi connectivity index (χ0n) is 79.9. The Bertz CT molecular complexity index is 6320. The molecule has 24 rings (SSSR count). The molecule has 4 fully saturated rings. The Kier molecular flexibility index (Phi) is 34.9. The van der Waals surface area contributed by atoms with E-state index < -0.39 is 0 Å². The summed E-state index contributed by atoms with van der Waals surface area (Å²) in [6.07, 6.45) is 7.90. The van der Waals surface area contributed by atoms with Crippen molar-refractivity contribution in [2.45, 2.75) is 0 Å². The average molecular weight is 1960 g/mol. The maximum atomic E-state index is 4.94. The molecule has 16 aromatic carbocycles. The molecule has 4 saturated heterocycles. The monoisotopic (exact) mass is 1960 g/mol. The van der Waals surface area contributed by atoms with Crippen molar-refractivity contribution in [2.75, 3.05) is 106 Å². The van der Waals surface area contributed by atoms with E-state index in [1.54, 1.807) is 45.3 Å². The van der Waals surface area contributed by atoms with E-state index in [1.807, 2.05) is 24.9 Å². The number of nitrogens with zero attached hydrogens (tertiary/aromatic N) is 4. The summed E-state index contributed by atoms with van der Waals surface area (Å²) in [4.78, 5) is 23.9. The Hall–Kier alpha value is -14.8. The van der Waals surface area contributed by atoms with Crippen molar-refractivity contribution in [3.63, 3.8) is 0 Å². The average Bonchev–Trinajstić information content (AvgIpc) is 1.09. The predicted octanol–water partition coefficient (Wildman–Crippen LogP) is 33.1. The smallest absolute Gasteiger partial charge is 0.0701 e. The molecule has 712 valence electrons. The van der Waals surface area contributed by atoms with Crippen LogP contribution in [0.5, 0.6) is 0 Å². The van der Waals surface area contributed by atoms with E-state index >= 15 is 0 Å². The van der Waals surface area contributed by atoms with Crippen LogP contribution in [0.25, 0.3) is 152 Å². The first kappa shape index (κ1) is 98.0. The highest BCUT2D eigenvalue weighted by atomic mass is 32.1. The van der Waals surface area contributed by atoms with Crippen LogP contribution in [-0.4, -0.2) is 131 Å². The van der Waals surface area contributed by atoms with Crippen LogP contribution >= 0.6 is 45.3 Å². The van der Waals surface area contributed by atoms with Crippen LogP contribution < -0.4 is 0 Å². The number of thiophene rings is 4. The molecule has 8 heterocycles. The maximum Gasteiger partial charge on any atom is 0.0701 e. The molecule has 4 aliphatic rings. The highest BCUT2D eigenvalue weighted by Gasteiger charge is 2.17. The molecule has 0 bridgehead atoms. The molecule has 0 aliphatic carbocycles. The topological polar surface area (TPSA) is 123 Å². The van der Waals surface area contributed by atoms with Crippen molar-refractivity contribution in [3.05, 3.63) is 456 Å². The zero-order valence-corrected chi connectivity index (χ0v) is 83.1. The molecule has 0 N–H and O–H groups in total. The second-order valence-corrected chi connectivity index (χ2v) is 38.8. The summed E-state index contributed by atoms with van der Waals surface area (Å²) in [5, 5.41) is 0. The first-order valence-electron chi connectivity index (χ1n) is 48.6. The molecular formula is C128H108N4O8S4. The number of ether oxygens (including phenoxy) is 8. The van der Waals surface area contributed by atoms with Crippen molar-refractivity contribution in [1.82, 2.24) is 0 Å². The van der Waals surface area contributed by atoms with E-state index in [9.17, 15) is 0 Å². The first-order valence-corrected chi connectivity index (χ1v) is 51.9. The van der Waals surface area contributed by atoms with Crippen molar-refractivity contribution in [2.24, 2.45) is 20.0 Å². The third-order valence-corrected chi connectivity index (χ3v) is 28.5. The highest BCUT2D eigenvalue weighted by Crippen LogP contribution is 2.42. The van der Waals surface area contributed by atoms with Crippen molar-refractivity contribution >= 4 is 112 Å². The van der Waals surface area contributed by atoms with E-state index in [0.29, 0.717) is 0 Å². The van der Waals surface area contributed by atoms with Gasteiger partial charge in [0.15, 0.2) is 0 Å². The predicted molar refractivity (Wildman–Crippen MR) is 606 cm³/mol. The van der Waals surface area contributed by atoms with Gasteiger partial charge in [-0.15, -0.1) is 45.3 Å². The van der Waals surface area contributed by atoms with Gasteiger partial charge in [-0.1, -0.05) is 291 Å². The number of hydrogen-bond donors (Lipinski definition) is 0. The lowest BCUT2D eigenvalue weighted by molar-refractivity contribution is -0.0334. The minimum absolute atomic E-state index is 0.778. The fourth-order valence-corrected chi connectivity index (χ4v) is 21.2. The molecule has 0 unspecified atom stereocenters. The molecule has 4 aliphatic heterocycles. The molecule has 144 heavy (non-hydrogen) atoms. The van der Waals surface area contributed by atoms with E-state index in [4.69, 9.17) is 57.9 Å². The minimum atomic E-state index is 0.778. The summed E-state index contributed by atoms with van der Waals surface area (Å²) in [5.41, 5.74) is 32.4. The summed E-state index contributed by atoms with van der Waals surface area (Å²) in [7, 11) is 0. The summed E-state index contributed by atoms with van der Waals surface area (Å²) < 4.78 is 44.5. The number of fused-ring (bicyclic) bond motifs is 2. The number of benzene rings is 16. The molecule has 0 radical (unpaired) electrons. The van der Waals surface area contributed by atoms with Gasteiger partial charge < -0.3 is 37.9 Å². The fraction of sp³-hybridized carbons (Fsp3) is 0.125. The quantitative estimate of drug-likeness (QED) is 0.0691. The van der Waals surface area contributed by atoms with E-state index in [1.165, 1.54) is 130 Å². The van der Waals surface area contributed by atoms with Gasteiger partial charge in [0.25, 0.3) is 0 Å². The van der Waals surface area contributed by atoms with Gasteiger partial charge in [-0.2, -0.15) is 0 Å². The molecule has 4 aromatic heterocycles. The Balaban J connectivity index is 0.000000147. The summed E-state index contributed by atoms with van der Waals surface area (Å²) in [5.74, 6) is 0. The van der Waals surface area contributed by atoms with E-state index in [-0.39, 0.29) is 0 Å². The maximum absolute atomic E-state index is 4.94. The molecule has 0 saturated carbocycles. The van der Waals surface area contributed by atoms with Crippen molar-refractivity contribution in [1.29, 1.82) is 0 Å². The van der Waals surface area contributed by atoms with Crippen LogP contribution in [0.2, 0.25) is 0 Å². The van der Waals surface area contributed by atoms with Crippen molar-refractivity contribution in [3.8, 4) is 134 Å². The molecule has 0 spiro atoms. The number of rotatable bonds is 20. The Morgan fingerprint density at radius 2 is 0.250 bits per heavy atom. The Morgan fingerprint density at radius 1 is 0.132 bits per heavy atom. The van der Waals surface area contributed by atoms with Gasteiger partial charge in [0.2, 0.25) is 0 Å². The second kappa shape index (κ2) is 51.2. The molecule has 0 amide bonds. The van der Waals surface area contributed by atoms with Gasteiger partial charge in [0.1, 0.15) is 0 Å². The van der Waals surface area contributed by atoms with Crippen LogP contribution in [0.4, 0.5) is 22.7 Å². The van der Waals surface area contributed by atoms with Crippen LogP contribution in [0.15, 0.2) is 457 Å². The summed E-state index contributed by atoms with van der Waals surface area (Å²) in [6, 6.07) is 155. The second-order valence-electron chi connectivity index (χ2n) is 34.3. The van der Waals surface area contributed by atoms with Gasteiger partial charge in [-0.25, -0.2) is 0 Å². The SMILES string of the molecule is C(=Nc1ccc(-c2cc(-c3ccccc3)cc(-c3ccccc3)c2)cc1)c1cc2sc(C=Nc3ccc(-c4cc(-c5ccccc5)cc(-c5ccccc5)c4)cc3)cc2s1.C(=Nc1ccc(-c2cc(-c3ccccc3)cc(-c3ccccc3)c2)cc1)c1cc2sc(C=Nc3ccc(-c4cc(-c5ccccc5)cc(-c5ccccc5)c4)cc3)cc2s1.C1COCCO1.C1COCCO1.C1COCCO1.C1COCCO1.